The number of hydrogen-bond donors (Lipinski definition) is 2. The molecule has 0 aliphatic carbocycles. The van der Waals surface area contributed by atoms with E-state index in [4.69, 9.17) is 5.73 Å². The number of hydrogen-bond acceptors (Lipinski definition) is 3. The number of nitrogens with two attached hydrogens (primary N) is 1. The van der Waals surface area contributed by atoms with Crippen LogP contribution < -0.4 is 5.73 Å². The fourth-order valence-corrected chi connectivity index (χ4v) is 1.55. The minimum Gasteiger partial charge on any atom is -0.330 e. The first-order valence-corrected chi connectivity index (χ1v) is 4.96. The Kier molecular flexibility index (Phi) is 2.78. The van der Waals surface area contributed by atoms with Crippen molar-refractivity contribution in [2.45, 2.75) is 13.3 Å². The summed E-state index contributed by atoms with van der Waals surface area (Å²) >= 11 is 0. The Labute approximate surface area is 88.5 Å². The average Bonchev–Trinajstić information content (AvgIpc) is 2.66. The Hall–Kier alpha value is -1.68. The Balaban J connectivity index is 2.40. The van der Waals surface area contributed by atoms with Crippen molar-refractivity contribution in [1.29, 1.82) is 0 Å². The Morgan fingerprint density at radius 2 is 2.33 bits per heavy atom. The highest BCUT2D eigenvalue weighted by Crippen LogP contribution is 2.19. The van der Waals surface area contributed by atoms with Crippen LogP contribution in [0.5, 0.6) is 0 Å². The van der Waals surface area contributed by atoms with E-state index in [-0.39, 0.29) is 0 Å². The van der Waals surface area contributed by atoms with Gasteiger partial charge in [-0.2, -0.15) is 5.10 Å². The van der Waals surface area contributed by atoms with E-state index in [1.54, 1.807) is 6.20 Å². The molecular formula is C11H14N4. The van der Waals surface area contributed by atoms with E-state index in [9.17, 15) is 0 Å². The van der Waals surface area contributed by atoms with Crippen molar-refractivity contribution < 1.29 is 0 Å². The zero-order chi connectivity index (χ0) is 10.7. The van der Waals surface area contributed by atoms with Crippen molar-refractivity contribution in [3.05, 3.63) is 35.7 Å². The quantitative estimate of drug-likeness (QED) is 0.787. The van der Waals surface area contributed by atoms with Crippen LogP contribution in [0.1, 0.15) is 11.1 Å². The van der Waals surface area contributed by atoms with Gasteiger partial charge in [-0.05, 0) is 37.6 Å². The zero-order valence-electron chi connectivity index (χ0n) is 8.70. The third-order valence-corrected chi connectivity index (χ3v) is 2.30. The molecule has 0 aromatic carbocycles. The van der Waals surface area contributed by atoms with Gasteiger partial charge in [0.15, 0.2) is 0 Å². The first-order valence-electron chi connectivity index (χ1n) is 4.96. The highest BCUT2D eigenvalue weighted by molar-refractivity contribution is 5.58. The SMILES string of the molecule is Cc1ccnc(-c2[nH]ncc2CCN)c1. The van der Waals surface area contributed by atoms with Crippen LogP contribution in [0.4, 0.5) is 0 Å². The van der Waals surface area contributed by atoms with E-state index >= 15 is 0 Å². The molecule has 15 heavy (non-hydrogen) atoms. The number of H-pyrrole nitrogens is 1. The number of aromatic amines is 1. The number of pyridine rings is 1. The molecule has 78 valence electrons. The molecule has 2 rings (SSSR count). The minimum absolute atomic E-state index is 0.623. The van der Waals surface area contributed by atoms with Crippen molar-refractivity contribution in [3.8, 4) is 11.4 Å². The van der Waals surface area contributed by atoms with Gasteiger partial charge in [0.05, 0.1) is 17.6 Å². The van der Waals surface area contributed by atoms with Gasteiger partial charge in [0.1, 0.15) is 0 Å². The van der Waals surface area contributed by atoms with Gasteiger partial charge in [0, 0.05) is 11.8 Å². The van der Waals surface area contributed by atoms with Crippen LogP contribution in [-0.2, 0) is 6.42 Å². The zero-order valence-corrected chi connectivity index (χ0v) is 8.70. The lowest BCUT2D eigenvalue weighted by molar-refractivity contribution is 0.970. The average molecular weight is 202 g/mol. The van der Waals surface area contributed by atoms with Crippen molar-refractivity contribution in [2.24, 2.45) is 5.73 Å². The van der Waals surface area contributed by atoms with Crippen LogP contribution >= 0.6 is 0 Å². The lowest BCUT2D eigenvalue weighted by atomic mass is 10.1. The summed E-state index contributed by atoms with van der Waals surface area (Å²) in [7, 11) is 0. The number of aromatic nitrogens is 3. The second-order valence-electron chi connectivity index (χ2n) is 3.53. The monoisotopic (exact) mass is 202 g/mol. The van der Waals surface area contributed by atoms with Crippen molar-refractivity contribution in [2.75, 3.05) is 6.54 Å². The summed E-state index contributed by atoms with van der Waals surface area (Å²) in [5.41, 5.74) is 9.75. The van der Waals surface area contributed by atoms with Crippen molar-refractivity contribution in [1.82, 2.24) is 15.2 Å². The largest absolute Gasteiger partial charge is 0.330 e. The molecule has 0 atom stereocenters. The van der Waals surface area contributed by atoms with Gasteiger partial charge in [-0.1, -0.05) is 0 Å². The molecule has 0 unspecified atom stereocenters. The molecule has 4 heteroatoms. The van der Waals surface area contributed by atoms with Crippen LogP contribution in [-0.4, -0.2) is 21.7 Å². The van der Waals surface area contributed by atoms with E-state index in [0.29, 0.717) is 6.54 Å². The molecule has 0 aliphatic heterocycles. The number of aryl methyl sites for hydroxylation is 1. The Bertz CT molecular complexity index is 447. The van der Waals surface area contributed by atoms with E-state index in [1.807, 2.05) is 25.3 Å². The van der Waals surface area contributed by atoms with Crippen LogP contribution in [0.15, 0.2) is 24.5 Å². The highest BCUT2D eigenvalue weighted by atomic mass is 15.1. The fourth-order valence-electron chi connectivity index (χ4n) is 1.55. The van der Waals surface area contributed by atoms with Gasteiger partial charge in [-0.3, -0.25) is 10.1 Å². The lowest BCUT2D eigenvalue weighted by Crippen LogP contribution is -2.03. The fraction of sp³-hybridized carbons (Fsp3) is 0.273. The van der Waals surface area contributed by atoms with E-state index < -0.39 is 0 Å². The smallest absolute Gasteiger partial charge is 0.0885 e. The minimum atomic E-state index is 0.623. The first-order chi connectivity index (χ1) is 7.31. The highest BCUT2D eigenvalue weighted by Gasteiger charge is 2.07. The molecule has 2 aromatic heterocycles. The van der Waals surface area contributed by atoms with Gasteiger partial charge in [-0.15, -0.1) is 0 Å². The molecule has 4 nitrogen and oxygen atoms in total. The summed E-state index contributed by atoms with van der Waals surface area (Å²) in [6, 6.07) is 4.01. The molecule has 2 heterocycles. The summed E-state index contributed by atoms with van der Waals surface area (Å²) < 4.78 is 0. The molecule has 0 saturated carbocycles. The van der Waals surface area contributed by atoms with Gasteiger partial charge in [-0.25, -0.2) is 0 Å². The summed E-state index contributed by atoms with van der Waals surface area (Å²) in [6.07, 6.45) is 4.44. The molecule has 0 spiro atoms. The maximum atomic E-state index is 5.53. The number of rotatable bonds is 3. The molecule has 2 aromatic rings. The second kappa shape index (κ2) is 4.23. The second-order valence-corrected chi connectivity index (χ2v) is 3.53. The maximum absolute atomic E-state index is 5.53. The Morgan fingerprint density at radius 3 is 3.07 bits per heavy atom. The number of nitrogens with zero attached hydrogens (tertiary/aromatic N) is 2. The molecule has 3 N–H and O–H groups in total. The van der Waals surface area contributed by atoms with E-state index in [2.05, 4.69) is 15.2 Å². The topological polar surface area (TPSA) is 67.6 Å². The maximum Gasteiger partial charge on any atom is 0.0885 e. The Morgan fingerprint density at radius 1 is 1.47 bits per heavy atom. The third kappa shape index (κ3) is 2.05. The predicted molar refractivity (Wildman–Crippen MR) is 59.3 cm³/mol. The molecule has 0 saturated heterocycles. The molecule has 0 radical (unpaired) electrons. The van der Waals surface area contributed by atoms with Gasteiger partial charge in [0.25, 0.3) is 0 Å². The summed E-state index contributed by atoms with van der Waals surface area (Å²) in [4.78, 5) is 4.31. The molecule has 0 amide bonds. The molecule has 0 fully saturated rings. The molecule has 0 aliphatic rings. The van der Waals surface area contributed by atoms with Crippen molar-refractivity contribution >= 4 is 0 Å². The van der Waals surface area contributed by atoms with Crippen LogP contribution in [0, 0.1) is 6.92 Å². The lowest BCUT2D eigenvalue weighted by Gasteiger charge is -2.01. The normalized spacial score (nSPS) is 10.5. The standard InChI is InChI=1S/C11H14N4/c1-8-3-5-13-10(6-8)11-9(2-4-12)7-14-15-11/h3,5-7H,2,4,12H2,1H3,(H,14,15). The van der Waals surface area contributed by atoms with E-state index in [0.717, 1.165) is 23.4 Å². The third-order valence-electron chi connectivity index (χ3n) is 2.30. The van der Waals surface area contributed by atoms with Crippen LogP contribution in [0.25, 0.3) is 11.4 Å². The predicted octanol–water partition coefficient (Wildman–Crippen LogP) is 1.28. The van der Waals surface area contributed by atoms with Crippen LogP contribution in [0.3, 0.4) is 0 Å². The molecular weight excluding hydrogens is 188 g/mol. The summed E-state index contributed by atoms with van der Waals surface area (Å²) in [5, 5.41) is 6.99. The van der Waals surface area contributed by atoms with Gasteiger partial charge in [0.2, 0.25) is 0 Å². The van der Waals surface area contributed by atoms with E-state index in [1.165, 1.54) is 5.56 Å². The summed E-state index contributed by atoms with van der Waals surface area (Å²) in [5.74, 6) is 0. The molecule has 0 bridgehead atoms. The van der Waals surface area contributed by atoms with Gasteiger partial charge >= 0.3 is 0 Å². The van der Waals surface area contributed by atoms with Crippen LogP contribution in [0.2, 0.25) is 0 Å². The van der Waals surface area contributed by atoms with Crippen molar-refractivity contribution in [3.63, 3.8) is 0 Å². The number of nitrogens with one attached hydrogen (secondary N) is 1. The summed E-state index contributed by atoms with van der Waals surface area (Å²) in [6.45, 7) is 2.67. The first kappa shape index (κ1) is 9.86. The van der Waals surface area contributed by atoms with Gasteiger partial charge < -0.3 is 5.73 Å².